The maximum absolute atomic E-state index is 12.9. The molecule has 0 spiro atoms. The predicted octanol–water partition coefficient (Wildman–Crippen LogP) is 3.62. The fourth-order valence-electron chi connectivity index (χ4n) is 0.692. The van der Waals surface area contributed by atoms with Crippen molar-refractivity contribution in [2.24, 2.45) is 0 Å². The van der Waals surface area contributed by atoms with Gasteiger partial charge in [0, 0.05) is 10.9 Å². The van der Waals surface area contributed by atoms with Crippen LogP contribution in [0, 0.1) is 11.6 Å². The molecule has 0 amide bonds. The third-order valence-electron chi connectivity index (χ3n) is 1.27. The second-order valence-electron chi connectivity index (χ2n) is 1.96. The summed E-state index contributed by atoms with van der Waals surface area (Å²) in [5.74, 6) is -1.07. The van der Waals surface area contributed by atoms with Gasteiger partial charge in [0.15, 0.2) is 0 Å². The van der Waals surface area contributed by atoms with Crippen LogP contribution in [0.1, 0.15) is 5.56 Å². The van der Waals surface area contributed by atoms with E-state index in [2.05, 4.69) is 31.9 Å². The summed E-state index contributed by atoms with van der Waals surface area (Å²) in [7, 11) is 0. The van der Waals surface area contributed by atoms with Gasteiger partial charge in [0.25, 0.3) is 0 Å². The third kappa shape index (κ3) is 1.79. The van der Waals surface area contributed by atoms with Crippen LogP contribution in [0.2, 0.25) is 0 Å². The predicted molar refractivity (Wildman–Crippen MR) is 46.7 cm³/mol. The second-order valence-corrected chi connectivity index (χ2v) is 3.37. The Hall–Kier alpha value is 0.0400. The SMILES string of the molecule is Fc1ccc(Br)c(F)c1CBr. The monoisotopic (exact) mass is 284 g/mol. The maximum atomic E-state index is 12.9. The number of alkyl halides is 1. The molecule has 0 heterocycles. The average Bonchev–Trinajstić information content (AvgIpc) is 1.99. The van der Waals surface area contributed by atoms with Gasteiger partial charge in [-0.2, -0.15) is 0 Å². The van der Waals surface area contributed by atoms with E-state index in [0.29, 0.717) is 0 Å². The van der Waals surface area contributed by atoms with Crippen molar-refractivity contribution >= 4 is 31.9 Å². The molecule has 60 valence electrons. The number of halogens is 4. The van der Waals surface area contributed by atoms with Gasteiger partial charge >= 0.3 is 0 Å². The van der Waals surface area contributed by atoms with E-state index < -0.39 is 11.6 Å². The molecular weight excluding hydrogens is 282 g/mol. The van der Waals surface area contributed by atoms with Crippen molar-refractivity contribution in [2.75, 3.05) is 0 Å². The first-order valence-corrected chi connectivity index (χ1v) is 4.76. The summed E-state index contributed by atoms with van der Waals surface area (Å²) >= 11 is 5.95. The quantitative estimate of drug-likeness (QED) is 0.546. The van der Waals surface area contributed by atoms with Crippen LogP contribution >= 0.6 is 31.9 Å². The van der Waals surface area contributed by atoms with Gasteiger partial charge in [-0.1, -0.05) is 15.9 Å². The van der Waals surface area contributed by atoms with Crippen molar-refractivity contribution in [2.45, 2.75) is 5.33 Å². The average molecular weight is 286 g/mol. The molecule has 1 rings (SSSR count). The molecule has 0 saturated heterocycles. The molecule has 0 unspecified atom stereocenters. The van der Waals surface area contributed by atoms with Crippen molar-refractivity contribution in [3.63, 3.8) is 0 Å². The summed E-state index contributed by atoms with van der Waals surface area (Å²) in [6.07, 6.45) is 0. The van der Waals surface area contributed by atoms with E-state index in [-0.39, 0.29) is 15.4 Å². The molecule has 0 aliphatic rings. The van der Waals surface area contributed by atoms with E-state index >= 15 is 0 Å². The lowest BCUT2D eigenvalue weighted by Gasteiger charge is -2.01. The summed E-state index contributed by atoms with van der Waals surface area (Å²) in [4.78, 5) is 0. The number of rotatable bonds is 1. The highest BCUT2D eigenvalue weighted by molar-refractivity contribution is 9.10. The summed E-state index contributed by atoms with van der Waals surface area (Å²) in [6.45, 7) is 0. The Morgan fingerprint density at radius 2 is 1.91 bits per heavy atom. The fourth-order valence-corrected chi connectivity index (χ4v) is 1.58. The van der Waals surface area contributed by atoms with E-state index in [9.17, 15) is 8.78 Å². The van der Waals surface area contributed by atoms with Gasteiger partial charge in [-0.05, 0) is 28.1 Å². The van der Waals surface area contributed by atoms with E-state index in [1.807, 2.05) is 0 Å². The highest BCUT2D eigenvalue weighted by Gasteiger charge is 2.09. The van der Waals surface area contributed by atoms with Crippen molar-refractivity contribution < 1.29 is 8.78 Å². The normalized spacial score (nSPS) is 10.2. The molecule has 0 saturated carbocycles. The number of hydrogen-bond acceptors (Lipinski definition) is 0. The first-order valence-electron chi connectivity index (χ1n) is 2.85. The van der Waals surface area contributed by atoms with E-state index in [0.717, 1.165) is 0 Å². The van der Waals surface area contributed by atoms with Gasteiger partial charge < -0.3 is 0 Å². The lowest BCUT2D eigenvalue weighted by molar-refractivity contribution is 0.562. The van der Waals surface area contributed by atoms with Crippen LogP contribution in [-0.2, 0) is 5.33 Å². The van der Waals surface area contributed by atoms with Crippen LogP contribution in [0.4, 0.5) is 8.78 Å². The van der Waals surface area contributed by atoms with Crippen LogP contribution in [0.25, 0.3) is 0 Å². The molecule has 0 aromatic heterocycles. The topological polar surface area (TPSA) is 0 Å². The molecule has 0 N–H and O–H groups in total. The first-order chi connectivity index (χ1) is 5.16. The Balaban J connectivity index is 3.29. The molecule has 1 aromatic carbocycles. The van der Waals surface area contributed by atoms with Gasteiger partial charge in [-0.15, -0.1) is 0 Å². The van der Waals surface area contributed by atoms with Gasteiger partial charge in [0.1, 0.15) is 11.6 Å². The molecule has 11 heavy (non-hydrogen) atoms. The zero-order valence-corrected chi connectivity index (χ0v) is 8.55. The Morgan fingerprint density at radius 1 is 1.27 bits per heavy atom. The second kappa shape index (κ2) is 3.63. The van der Waals surface area contributed by atoms with Crippen LogP contribution in [0.3, 0.4) is 0 Å². The van der Waals surface area contributed by atoms with Crippen LogP contribution in [-0.4, -0.2) is 0 Å². The Labute approximate surface area is 79.9 Å². The summed E-state index contributed by atoms with van der Waals surface area (Å²) in [6, 6.07) is 2.57. The maximum Gasteiger partial charge on any atom is 0.144 e. The third-order valence-corrected chi connectivity index (χ3v) is 2.45. The molecule has 0 radical (unpaired) electrons. The van der Waals surface area contributed by atoms with Crippen molar-refractivity contribution in [3.8, 4) is 0 Å². The minimum atomic E-state index is -0.540. The fraction of sp³-hybridized carbons (Fsp3) is 0.143. The summed E-state index contributed by atoms with van der Waals surface area (Å²) in [5, 5.41) is 0.185. The lowest BCUT2D eigenvalue weighted by Crippen LogP contribution is -1.92. The van der Waals surface area contributed by atoms with Crippen molar-refractivity contribution in [1.29, 1.82) is 0 Å². The molecule has 0 atom stereocenters. The van der Waals surface area contributed by atoms with Crippen LogP contribution in [0.15, 0.2) is 16.6 Å². The zero-order chi connectivity index (χ0) is 8.43. The molecule has 1 aromatic rings. The minimum Gasteiger partial charge on any atom is -0.207 e. The highest BCUT2D eigenvalue weighted by Crippen LogP contribution is 2.22. The first kappa shape index (κ1) is 9.13. The minimum absolute atomic E-state index is 0.0550. The molecule has 0 aliphatic carbocycles. The summed E-state index contributed by atoms with van der Waals surface area (Å²) in [5.41, 5.74) is 0.0550. The molecule has 0 bridgehead atoms. The molecule has 4 heteroatoms. The van der Waals surface area contributed by atoms with E-state index in [1.165, 1.54) is 12.1 Å². The van der Waals surface area contributed by atoms with Crippen molar-refractivity contribution in [3.05, 3.63) is 33.8 Å². The Bertz CT molecular complexity index is 273. The Kier molecular flexibility index (Phi) is 3.01. The number of benzene rings is 1. The largest absolute Gasteiger partial charge is 0.207 e. The lowest BCUT2D eigenvalue weighted by atomic mass is 10.2. The van der Waals surface area contributed by atoms with Gasteiger partial charge in [-0.25, -0.2) is 8.78 Å². The zero-order valence-electron chi connectivity index (χ0n) is 5.37. The van der Waals surface area contributed by atoms with Crippen LogP contribution < -0.4 is 0 Å². The number of hydrogen-bond donors (Lipinski definition) is 0. The Morgan fingerprint density at radius 3 is 2.36 bits per heavy atom. The molecular formula is C7H4Br2F2. The van der Waals surface area contributed by atoms with Gasteiger partial charge in [0.2, 0.25) is 0 Å². The van der Waals surface area contributed by atoms with E-state index in [4.69, 9.17) is 0 Å². The van der Waals surface area contributed by atoms with Gasteiger partial charge in [-0.3, -0.25) is 0 Å². The molecule has 0 fully saturated rings. The summed E-state index contributed by atoms with van der Waals surface area (Å²) < 4.78 is 26.0. The highest BCUT2D eigenvalue weighted by atomic mass is 79.9. The van der Waals surface area contributed by atoms with Gasteiger partial charge in [0.05, 0.1) is 4.47 Å². The molecule has 0 aliphatic heterocycles. The molecule has 0 nitrogen and oxygen atoms in total. The smallest absolute Gasteiger partial charge is 0.144 e. The van der Waals surface area contributed by atoms with Crippen LogP contribution in [0.5, 0.6) is 0 Å². The van der Waals surface area contributed by atoms with E-state index in [1.54, 1.807) is 0 Å². The standard InChI is InChI=1S/C7H4Br2F2/c8-3-4-6(10)2-1-5(9)7(4)11/h1-2H,3H2. The van der Waals surface area contributed by atoms with Crippen molar-refractivity contribution in [1.82, 2.24) is 0 Å².